The third kappa shape index (κ3) is 4.61. The highest BCUT2D eigenvalue weighted by Crippen LogP contribution is 2.22. The van der Waals surface area contributed by atoms with Gasteiger partial charge in [0.1, 0.15) is 11.6 Å². The summed E-state index contributed by atoms with van der Waals surface area (Å²) < 4.78 is 6.97. The Bertz CT molecular complexity index is 984. The van der Waals surface area contributed by atoms with E-state index in [0.29, 0.717) is 30.2 Å². The van der Waals surface area contributed by atoms with Crippen molar-refractivity contribution in [3.63, 3.8) is 0 Å². The predicted octanol–water partition coefficient (Wildman–Crippen LogP) is 1.76. The van der Waals surface area contributed by atoms with Crippen LogP contribution >= 0.6 is 0 Å². The van der Waals surface area contributed by atoms with E-state index in [-0.39, 0.29) is 11.9 Å². The monoisotopic (exact) mass is 381 g/mol. The molecule has 1 amide bonds. The van der Waals surface area contributed by atoms with Crippen LogP contribution in [-0.2, 0) is 6.54 Å². The standard InChI is InChI=1S/C19H23N7O2/c1-12-22-13(2)26(25-12)9-5-8-21-18(27)15-7-4-6-14(10-15)16-11-17(28-3)24-19(20)23-16/h4,6-7,10-11H,5,8-9H2,1-3H3,(H,21,27)(H2,20,23,24). The zero-order valence-electron chi connectivity index (χ0n) is 16.1. The number of nitrogens with zero attached hydrogens (tertiary/aromatic N) is 5. The third-order valence-corrected chi connectivity index (χ3v) is 4.14. The second-order valence-electron chi connectivity index (χ2n) is 6.27. The highest BCUT2D eigenvalue weighted by Gasteiger charge is 2.10. The van der Waals surface area contributed by atoms with Crippen LogP contribution < -0.4 is 15.8 Å². The van der Waals surface area contributed by atoms with Gasteiger partial charge in [-0.15, -0.1) is 0 Å². The maximum atomic E-state index is 12.5. The number of nitrogens with one attached hydrogen (secondary N) is 1. The van der Waals surface area contributed by atoms with E-state index in [9.17, 15) is 4.79 Å². The van der Waals surface area contributed by atoms with Gasteiger partial charge in [0.15, 0.2) is 0 Å². The zero-order valence-corrected chi connectivity index (χ0v) is 16.1. The highest BCUT2D eigenvalue weighted by molar-refractivity contribution is 5.95. The number of methoxy groups -OCH3 is 1. The van der Waals surface area contributed by atoms with Gasteiger partial charge in [-0.05, 0) is 32.4 Å². The number of hydrogen-bond acceptors (Lipinski definition) is 7. The zero-order chi connectivity index (χ0) is 20.1. The first kappa shape index (κ1) is 19.3. The number of rotatable bonds is 7. The molecule has 3 aromatic rings. The van der Waals surface area contributed by atoms with E-state index in [2.05, 4.69) is 25.4 Å². The molecule has 0 bridgehead atoms. The van der Waals surface area contributed by atoms with Crippen molar-refractivity contribution in [1.82, 2.24) is 30.0 Å². The maximum absolute atomic E-state index is 12.5. The fraction of sp³-hybridized carbons (Fsp3) is 0.316. The summed E-state index contributed by atoms with van der Waals surface area (Å²) in [5, 5.41) is 7.24. The largest absolute Gasteiger partial charge is 0.481 e. The van der Waals surface area contributed by atoms with E-state index >= 15 is 0 Å². The minimum Gasteiger partial charge on any atom is -0.481 e. The predicted molar refractivity (Wildman–Crippen MR) is 105 cm³/mol. The van der Waals surface area contributed by atoms with Gasteiger partial charge >= 0.3 is 0 Å². The van der Waals surface area contributed by atoms with E-state index in [1.54, 1.807) is 24.3 Å². The first-order valence-corrected chi connectivity index (χ1v) is 8.91. The number of carbonyl (C=O) groups excluding carboxylic acids is 1. The summed E-state index contributed by atoms with van der Waals surface area (Å²) in [6, 6.07) is 8.85. The van der Waals surface area contributed by atoms with E-state index in [0.717, 1.165) is 23.6 Å². The van der Waals surface area contributed by atoms with Crippen molar-refractivity contribution in [2.45, 2.75) is 26.8 Å². The smallest absolute Gasteiger partial charge is 0.251 e. The molecular formula is C19H23N7O2. The van der Waals surface area contributed by atoms with Crippen molar-refractivity contribution in [3.05, 3.63) is 47.5 Å². The molecule has 9 heteroatoms. The number of aromatic nitrogens is 5. The number of benzene rings is 1. The highest BCUT2D eigenvalue weighted by atomic mass is 16.5. The average Bonchev–Trinajstić information content (AvgIpc) is 3.01. The number of carbonyl (C=O) groups is 1. The Labute approximate surface area is 163 Å². The molecule has 0 radical (unpaired) electrons. The van der Waals surface area contributed by atoms with E-state index < -0.39 is 0 Å². The Morgan fingerprint density at radius 1 is 1.21 bits per heavy atom. The molecule has 1 aromatic carbocycles. The molecule has 28 heavy (non-hydrogen) atoms. The number of aryl methyl sites for hydroxylation is 3. The quantitative estimate of drug-likeness (QED) is 0.598. The second-order valence-corrected chi connectivity index (χ2v) is 6.27. The summed E-state index contributed by atoms with van der Waals surface area (Å²) >= 11 is 0. The minimum atomic E-state index is -0.151. The van der Waals surface area contributed by atoms with Crippen LogP contribution in [0.1, 0.15) is 28.4 Å². The van der Waals surface area contributed by atoms with Gasteiger partial charge < -0.3 is 15.8 Å². The summed E-state index contributed by atoms with van der Waals surface area (Å²) in [5.41, 5.74) is 7.61. The lowest BCUT2D eigenvalue weighted by Crippen LogP contribution is -2.25. The fourth-order valence-corrected chi connectivity index (χ4v) is 2.82. The van der Waals surface area contributed by atoms with Gasteiger partial charge in [0.2, 0.25) is 11.8 Å². The van der Waals surface area contributed by atoms with Crippen molar-refractivity contribution in [3.8, 4) is 17.1 Å². The van der Waals surface area contributed by atoms with Crippen LogP contribution in [0.25, 0.3) is 11.3 Å². The molecule has 0 aliphatic carbocycles. The fourth-order valence-electron chi connectivity index (χ4n) is 2.82. The lowest BCUT2D eigenvalue weighted by Gasteiger charge is -2.08. The van der Waals surface area contributed by atoms with Crippen LogP contribution in [0.5, 0.6) is 5.88 Å². The summed E-state index contributed by atoms with van der Waals surface area (Å²) in [6.45, 7) is 5.01. The first-order chi connectivity index (χ1) is 13.5. The number of amides is 1. The molecule has 2 aromatic heterocycles. The maximum Gasteiger partial charge on any atom is 0.251 e. The van der Waals surface area contributed by atoms with Crippen molar-refractivity contribution in [2.24, 2.45) is 0 Å². The lowest BCUT2D eigenvalue weighted by molar-refractivity contribution is 0.0952. The second kappa shape index (κ2) is 8.47. The molecule has 0 aliphatic heterocycles. The topological polar surface area (TPSA) is 121 Å². The lowest BCUT2D eigenvalue weighted by atomic mass is 10.1. The Balaban J connectivity index is 1.62. The Morgan fingerprint density at radius 2 is 2.04 bits per heavy atom. The first-order valence-electron chi connectivity index (χ1n) is 8.91. The van der Waals surface area contributed by atoms with Crippen molar-refractivity contribution in [2.75, 3.05) is 19.4 Å². The molecule has 0 fully saturated rings. The average molecular weight is 381 g/mol. The summed E-state index contributed by atoms with van der Waals surface area (Å²) in [6.07, 6.45) is 0.759. The Kier molecular flexibility index (Phi) is 5.83. The Hall–Kier alpha value is -3.49. The number of nitrogen functional groups attached to an aromatic ring is 1. The van der Waals surface area contributed by atoms with Crippen molar-refractivity contribution >= 4 is 11.9 Å². The molecule has 3 N–H and O–H groups in total. The van der Waals surface area contributed by atoms with Gasteiger partial charge in [0.25, 0.3) is 5.91 Å². The molecule has 0 spiro atoms. The number of ether oxygens (including phenoxy) is 1. The van der Waals surface area contributed by atoms with Crippen molar-refractivity contribution < 1.29 is 9.53 Å². The molecular weight excluding hydrogens is 358 g/mol. The van der Waals surface area contributed by atoms with Crippen LogP contribution in [-0.4, -0.2) is 44.3 Å². The van der Waals surface area contributed by atoms with Crippen LogP contribution in [0, 0.1) is 13.8 Å². The van der Waals surface area contributed by atoms with Gasteiger partial charge in [-0.2, -0.15) is 10.1 Å². The van der Waals surface area contributed by atoms with Crippen LogP contribution in [0.3, 0.4) is 0 Å². The molecule has 0 aliphatic rings. The minimum absolute atomic E-state index is 0.114. The van der Waals surface area contributed by atoms with Gasteiger partial charge in [0.05, 0.1) is 12.8 Å². The summed E-state index contributed by atoms with van der Waals surface area (Å²) in [7, 11) is 1.51. The van der Waals surface area contributed by atoms with E-state index in [1.807, 2.05) is 24.6 Å². The molecule has 3 rings (SSSR count). The molecule has 0 unspecified atom stereocenters. The molecule has 2 heterocycles. The van der Waals surface area contributed by atoms with Crippen LogP contribution in [0.15, 0.2) is 30.3 Å². The van der Waals surface area contributed by atoms with E-state index in [4.69, 9.17) is 10.5 Å². The molecule has 0 atom stereocenters. The van der Waals surface area contributed by atoms with E-state index in [1.165, 1.54) is 7.11 Å². The van der Waals surface area contributed by atoms with Gasteiger partial charge in [-0.3, -0.25) is 9.48 Å². The summed E-state index contributed by atoms with van der Waals surface area (Å²) in [5.74, 6) is 1.96. The molecule has 9 nitrogen and oxygen atoms in total. The Morgan fingerprint density at radius 3 is 2.75 bits per heavy atom. The van der Waals surface area contributed by atoms with Crippen LogP contribution in [0.4, 0.5) is 5.95 Å². The molecule has 0 saturated carbocycles. The summed E-state index contributed by atoms with van der Waals surface area (Å²) in [4.78, 5) is 24.9. The normalized spacial score (nSPS) is 10.7. The van der Waals surface area contributed by atoms with Gasteiger partial charge in [-0.1, -0.05) is 12.1 Å². The molecule has 146 valence electrons. The van der Waals surface area contributed by atoms with Crippen molar-refractivity contribution in [1.29, 1.82) is 0 Å². The van der Waals surface area contributed by atoms with Gasteiger partial charge in [-0.25, -0.2) is 9.97 Å². The molecule has 0 saturated heterocycles. The number of anilines is 1. The number of nitrogens with two attached hydrogens (primary N) is 1. The third-order valence-electron chi connectivity index (χ3n) is 4.14. The van der Waals surface area contributed by atoms with Crippen LogP contribution in [0.2, 0.25) is 0 Å². The van der Waals surface area contributed by atoms with Gasteiger partial charge in [0, 0.05) is 30.3 Å². The SMILES string of the molecule is COc1cc(-c2cccc(C(=O)NCCCn3nc(C)nc3C)c2)nc(N)n1. The number of hydrogen-bond donors (Lipinski definition) is 2.